The van der Waals surface area contributed by atoms with Crippen LogP contribution in [0, 0.1) is 0 Å². The van der Waals surface area contributed by atoms with Crippen LogP contribution in [0.25, 0.3) is 0 Å². The van der Waals surface area contributed by atoms with E-state index >= 15 is 0 Å². The SMILES string of the molecule is F[B-](F)(F)F.c1ccc(P(C[C@H]2CCC[NH2+]2)c2ccccc2)cc1. The highest BCUT2D eigenvalue weighted by Gasteiger charge is 2.24. The van der Waals surface area contributed by atoms with E-state index in [1.807, 2.05) is 0 Å². The lowest BCUT2D eigenvalue weighted by atomic mass is 10.3. The molecule has 3 rings (SSSR count). The molecular formula is C17H21BF4NP. The molecular weight excluding hydrogens is 336 g/mol. The highest BCUT2D eigenvalue weighted by atomic mass is 31.1. The number of rotatable bonds is 4. The summed E-state index contributed by atoms with van der Waals surface area (Å²) in [6, 6.07) is 22.9. The molecule has 1 heterocycles. The van der Waals surface area contributed by atoms with Crippen molar-refractivity contribution in [2.24, 2.45) is 0 Å². The summed E-state index contributed by atoms with van der Waals surface area (Å²) in [4.78, 5) is 0. The Bertz CT molecular complexity index is 543. The monoisotopic (exact) mass is 357 g/mol. The molecule has 0 aromatic heterocycles. The third kappa shape index (κ3) is 7.02. The highest BCUT2D eigenvalue weighted by Crippen LogP contribution is 2.34. The van der Waals surface area contributed by atoms with Crippen molar-refractivity contribution >= 4 is 25.8 Å². The van der Waals surface area contributed by atoms with Gasteiger partial charge in [0.25, 0.3) is 0 Å². The molecule has 1 nitrogen and oxygen atoms in total. The highest BCUT2D eigenvalue weighted by molar-refractivity contribution is 7.73. The van der Waals surface area contributed by atoms with Crippen LogP contribution >= 0.6 is 7.92 Å². The molecule has 24 heavy (non-hydrogen) atoms. The van der Waals surface area contributed by atoms with E-state index in [0.29, 0.717) is 0 Å². The molecule has 0 amide bonds. The Morgan fingerprint density at radius 1 is 0.875 bits per heavy atom. The van der Waals surface area contributed by atoms with Gasteiger partial charge in [-0.05, 0) is 18.5 Å². The molecule has 0 spiro atoms. The van der Waals surface area contributed by atoms with Crippen molar-refractivity contribution in [2.45, 2.75) is 18.9 Å². The Morgan fingerprint density at radius 2 is 1.33 bits per heavy atom. The lowest BCUT2D eigenvalue weighted by molar-refractivity contribution is -0.665. The topological polar surface area (TPSA) is 16.6 Å². The Balaban J connectivity index is 0.000000368. The quantitative estimate of drug-likeness (QED) is 0.492. The van der Waals surface area contributed by atoms with Gasteiger partial charge in [-0.2, -0.15) is 0 Å². The molecule has 1 saturated heterocycles. The summed E-state index contributed by atoms with van der Waals surface area (Å²) in [6.07, 6.45) is 4.10. The average molecular weight is 357 g/mol. The summed E-state index contributed by atoms with van der Waals surface area (Å²) in [5.74, 6) is 0. The second-order valence-corrected chi connectivity index (χ2v) is 7.96. The number of halogens is 4. The largest absolute Gasteiger partial charge is 0.673 e. The van der Waals surface area contributed by atoms with Gasteiger partial charge in [0.15, 0.2) is 0 Å². The molecule has 1 fully saturated rings. The van der Waals surface area contributed by atoms with Gasteiger partial charge in [-0.25, -0.2) is 0 Å². The summed E-state index contributed by atoms with van der Waals surface area (Å²) < 4.78 is 39.0. The van der Waals surface area contributed by atoms with E-state index in [1.165, 1.54) is 36.2 Å². The molecule has 1 atom stereocenters. The standard InChI is InChI=1S/C17H20NP.BF4/c1-3-9-16(10-4-1)19(14-15-8-7-13-18-15)17-11-5-2-6-12-17;2-1(3,4)5/h1-6,9-12,15,18H,7-8,13-14H2;/q;-1/p+1/t15-;/m1./s1. The predicted molar refractivity (Wildman–Crippen MR) is 93.9 cm³/mol. The van der Waals surface area contributed by atoms with Crippen molar-refractivity contribution in [3.63, 3.8) is 0 Å². The molecule has 2 aromatic rings. The van der Waals surface area contributed by atoms with Crippen LogP contribution in [0.5, 0.6) is 0 Å². The fourth-order valence-electron chi connectivity index (χ4n) is 2.83. The van der Waals surface area contributed by atoms with Crippen LogP contribution in [0.4, 0.5) is 17.3 Å². The molecule has 0 saturated carbocycles. The zero-order valence-corrected chi connectivity index (χ0v) is 14.2. The van der Waals surface area contributed by atoms with Gasteiger partial charge >= 0.3 is 7.25 Å². The Morgan fingerprint density at radius 3 is 1.71 bits per heavy atom. The van der Waals surface area contributed by atoms with Crippen molar-refractivity contribution in [1.82, 2.24) is 0 Å². The maximum absolute atomic E-state index is 9.75. The molecule has 0 bridgehead atoms. The summed E-state index contributed by atoms with van der Waals surface area (Å²) in [6.45, 7) is 1.32. The summed E-state index contributed by atoms with van der Waals surface area (Å²) >= 11 is 0. The van der Waals surface area contributed by atoms with Gasteiger partial charge in [0, 0.05) is 19.0 Å². The third-order valence-electron chi connectivity index (χ3n) is 3.83. The van der Waals surface area contributed by atoms with E-state index in [4.69, 9.17) is 0 Å². The zero-order chi connectivity index (χ0) is 17.4. The maximum Gasteiger partial charge on any atom is 0.673 e. The first-order valence-electron chi connectivity index (χ1n) is 8.02. The van der Waals surface area contributed by atoms with Gasteiger partial charge in [0.1, 0.15) is 0 Å². The van der Waals surface area contributed by atoms with Gasteiger partial charge in [0.2, 0.25) is 0 Å². The number of quaternary nitrogens is 1. The predicted octanol–water partition coefficient (Wildman–Crippen LogP) is 3.15. The number of hydrogen-bond donors (Lipinski definition) is 1. The maximum atomic E-state index is 9.75. The molecule has 2 aromatic carbocycles. The van der Waals surface area contributed by atoms with Crippen LogP contribution in [0.15, 0.2) is 60.7 Å². The van der Waals surface area contributed by atoms with Crippen molar-refractivity contribution in [2.75, 3.05) is 12.7 Å². The van der Waals surface area contributed by atoms with Crippen LogP contribution in [0.1, 0.15) is 12.8 Å². The van der Waals surface area contributed by atoms with Crippen LogP contribution in [-0.4, -0.2) is 26.0 Å². The fourth-order valence-corrected chi connectivity index (χ4v) is 5.41. The van der Waals surface area contributed by atoms with Gasteiger partial charge in [-0.1, -0.05) is 60.7 Å². The summed E-state index contributed by atoms with van der Waals surface area (Å²) in [5.41, 5.74) is 0. The Hall–Kier alpha value is -1.39. The molecule has 0 radical (unpaired) electrons. The second kappa shape index (κ2) is 9.19. The first kappa shape index (κ1) is 18.9. The Labute approximate surface area is 141 Å². The van der Waals surface area contributed by atoms with Crippen LogP contribution in [0.2, 0.25) is 0 Å². The minimum absolute atomic E-state index is 0.193. The normalized spacial score (nSPS) is 17.5. The first-order chi connectivity index (χ1) is 11.4. The van der Waals surface area contributed by atoms with E-state index in [1.54, 1.807) is 0 Å². The minimum Gasteiger partial charge on any atom is -0.418 e. The summed E-state index contributed by atoms with van der Waals surface area (Å²) in [5, 5.41) is 5.58. The second-order valence-electron chi connectivity index (χ2n) is 5.70. The van der Waals surface area contributed by atoms with E-state index in [-0.39, 0.29) is 7.92 Å². The van der Waals surface area contributed by atoms with E-state index in [9.17, 15) is 17.3 Å². The van der Waals surface area contributed by atoms with Gasteiger partial charge < -0.3 is 22.6 Å². The number of nitrogens with two attached hydrogens (primary N) is 1. The van der Waals surface area contributed by atoms with Crippen molar-refractivity contribution < 1.29 is 22.6 Å². The number of hydrogen-bond acceptors (Lipinski definition) is 0. The molecule has 130 valence electrons. The smallest absolute Gasteiger partial charge is 0.418 e. The molecule has 1 aliphatic rings. The Kier molecular flexibility index (Phi) is 7.26. The van der Waals surface area contributed by atoms with Gasteiger partial charge in [-0.15, -0.1) is 0 Å². The van der Waals surface area contributed by atoms with Crippen LogP contribution < -0.4 is 15.9 Å². The lowest BCUT2D eigenvalue weighted by Gasteiger charge is -2.20. The summed E-state index contributed by atoms with van der Waals surface area (Å²) in [7, 11) is -6.19. The van der Waals surface area contributed by atoms with Crippen LogP contribution in [-0.2, 0) is 0 Å². The molecule has 0 aliphatic carbocycles. The van der Waals surface area contributed by atoms with E-state index in [2.05, 4.69) is 66.0 Å². The minimum atomic E-state index is -6.00. The van der Waals surface area contributed by atoms with E-state index in [0.717, 1.165) is 6.04 Å². The molecule has 1 aliphatic heterocycles. The zero-order valence-electron chi connectivity index (χ0n) is 13.3. The van der Waals surface area contributed by atoms with Crippen molar-refractivity contribution in [3.05, 3.63) is 60.7 Å². The van der Waals surface area contributed by atoms with Crippen molar-refractivity contribution in [1.29, 1.82) is 0 Å². The molecule has 7 heteroatoms. The average Bonchev–Trinajstić information content (AvgIpc) is 3.06. The molecule has 0 unspecified atom stereocenters. The van der Waals surface area contributed by atoms with Gasteiger partial charge in [0.05, 0.1) is 12.6 Å². The number of benzene rings is 2. The van der Waals surface area contributed by atoms with E-state index < -0.39 is 7.25 Å². The van der Waals surface area contributed by atoms with Crippen LogP contribution in [0.3, 0.4) is 0 Å². The molecule has 2 N–H and O–H groups in total. The van der Waals surface area contributed by atoms with Crippen molar-refractivity contribution in [3.8, 4) is 0 Å². The third-order valence-corrected chi connectivity index (χ3v) is 6.51. The lowest BCUT2D eigenvalue weighted by Crippen LogP contribution is -2.87. The fraction of sp³-hybridized carbons (Fsp3) is 0.294. The first-order valence-corrected chi connectivity index (χ1v) is 9.54. The van der Waals surface area contributed by atoms with Gasteiger partial charge in [-0.3, -0.25) is 0 Å².